The van der Waals surface area contributed by atoms with Crippen LogP contribution in [0.15, 0.2) is 23.0 Å². The Bertz CT molecular complexity index is 522. The maximum atomic E-state index is 9.66. The number of rotatable bonds is 4. The third-order valence-electron chi connectivity index (χ3n) is 3.04. The second-order valence-electron chi connectivity index (χ2n) is 4.40. The Balaban J connectivity index is 2.34. The first-order chi connectivity index (χ1) is 8.63. The lowest BCUT2D eigenvalue weighted by Crippen LogP contribution is -2.14. The molecule has 0 saturated heterocycles. The van der Waals surface area contributed by atoms with Crippen molar-refractivity contribution in [3.05, 3.63) is 29.9 Å². The van der Waals surface area contributed by atoms with E-state index in [4.69, 9.17) is 4.52 Å². The van der Waals surface area contributed by atoms with Crippen LogP contribution in [0.25, 0.3) is 11.4 Å². The molecule has 0 aliphatic rings. The highest BCUT2D eigenvalue weighted by Crippen LogP contribution is 2.25. The number of aliphatic hydroxyl groups is 1. The first-order valence-corrected chi connectivity index (χ1v) is 6.06. The lowest BCUT2D eigenvalue weighted by molar-refractivity contribution is 0.141. The lowest BCUT2D eigenvalue weighted by atomic mass is 10.0. The van der Waals surface area contributed by atoms with Crippen LogP contribution in [0.5, 0.6) is 0 Å². The zero-order valence-electron chi connectivity index (χ0n) is 10.8. The van der Waals surface area contributed by atoms with Gasteiger partial charge in [-0.15, -0.1) is 0 Å². The molecule has 1 N–H and O–H groups in total. The summed E-state index contributed by atoms with van der Waals surface area (Å²) >= 11 is 0. The van der Waals surface area contributed by atoms with E-state index in [0.717, 1.165) is 17.5 Å². The van der Waals surface area contributed by atoms with Gasteiger partial charge in [0.1, 0.15) is 0 Å². The lowest BCUT2D eigenvalue weighted by Gasteiger charge is -2.12. The second-order valence-corrected chi connectivity index (χ2v) is 4.40. The highest BCUT2D eigenvalue weighted by Gasteiger charge is 2.22. The van der Waals surface area contributed by atoms with Crippen LogP contribution in [0.3, 0.4) is 0 Å². The number of aliphatic hydroxyl groups excluding tert-OH is 1. The molecule has 0 aromatic carbocycles. The number of pyridine rings is 1. The van der Waals surface area contributed by atoms with Gasteiger partial charge in [-0.05, 0) is 31.9 Å². The van der Waals surface area contributed by atoms with Crippen LogP contribution in [0.1, 0.15) is 37.6 Å². The van der Waals surface area contributed by atoms with Crippen molar-refractivity contribution in [2.45, 2.75) is 39.2 Å². The second kappa shape index (κ2) is 5.27. The molecule has 2 rings (SSSR count). The molecule has 96 valence electrons. The van der Waals surface area contributed by atoms with Gasteiger partial charge in [-0.25, -0.2) is 0 Å². The molecule has 2 heterocycles. The fraction of sp³-hybridized carbons (Fsp3) is 0.462. The van der Waals surface area contributed by atoms with Crippen LogP contribution < -0.4 is 0 Å². The van der Waals surface area contributed by atoms with Gasteiger partial charge in [-0.2, -0.15) is 4.98 Å². The van der Waals surface area contributed by atoms with Gasteiger partial charge in [-0.1, -0.05) is 12.1 Å². The molecule has 0 radical (unpaired) electrons. The molecule has 0 saturated carbocycles. The fourth-order valence-electron chi connectivity index (χ4n) is 1.94. The van der Waals surface area contributed by atoms with Gasteiger partial charge >= 0.3 is 0 Å². The minimum atomic E-state index is -0.498. The van der Waals surface area contributed by atoms with E-state index in [1.165, 1.54) is 0 Å². The van der Waals surface area contributed by atoms with Gasteiger partial charge in [-0.3, -0.25) is 4.98 Å². The van der Waals surface area contributed by atoms with E-state index in [9.17, 15) is 5.11 Å². The summed E-state index contributed by atoms with van der Waals surface area (Å²) in [6.45, 7) is 5.67. The molecule has 18 heavy (non-hydrogen) atoms. The van der Waals surface area contributed by atoms with Crippen LogP contribution in [0.4, 0.5) is 0 Å². The Morgan fingerprint density at radius 3 is 2.83 bits per heavy atom. The van der Waals surface area contributed by atoms with Crippen molar-refractivity contribution in [2.75, 3.05) is 0 Å². The van der Waals surface area contributed by atoms with Crippen molar-refractivity contribution in [3.8, 4) is 11.4 Å². The van der Waals surface area contributed by atoms with Crippen molar-refractivity contribution in [1.29, 1.82) is 0 Å². The number of hydrogen-bond donors (Lipinski definition) is 1. The number of nitrogens with zero attached hydrogens (tertiary/aromatic N) is 3. The zero-order chi connectivity index (χ0) is 13.1. The summed E-state index contributed by atoms with van der Waals surface area (Å²) in [5, 5.41) is 13.6. The van der Waals surface area contributed by atoms with E-state index in [1.54, 1.807) is 19.3 Å². The summed E-state index contributed by atoms with van der Waals surface area (Å²) in [7, 11) is 0. The molecule has 2 atom stereocenters. The average molecular weight is 247 g/mol. The van der Waals surface area contributed by atoms with Gasteiger partial charge in [0.15, 0.2) is 0 Å². The summed E-state index contributed by atoms with van der Waals surface area (Å²) in [5.41, 5.74) is 1.90. The fourth-order valence-corrected chi connectivity index (χ4v) is 1.94. The summed E-state index contributed by atoms with van der Waals surface area (Å²) in [4.78, 5) is 8.40. The molecule has 5 heteroatoms. The van der Waals surface area contributed by atoms with Crippen LogP contribution in [0.2, 0.25) is 0 Å². The predicted octanol–water partition coefficient (Wildman–Crippen LogP) is 2.31. The quantitative estimate of drug-likeness (QED) is 0.897. The maximum Gasteiger partial charge on any atom is 0.232 e. The Kier molecular flexibility index (Phi) is 3.72. The van der Waals surface area contributed by atoms with E-state index in [1.807, 2.05) is 19.9 Å². The zero-order valence-corrected chi connectivity index (χ0v) is 10.8. The number of aryl methyl sites for hydroxylation is 1. The van der Waals surface area contributed by atoms with Crippen LogP contribution in [-0.2, 0) is 0 Å². The summed E-state index contributed by atoms with van der Waals surface area (Å²) in [6.07, 6.45) is 3.72. The SMILES string of the molecule is CCC(c1nc(-c2ccncc2C)no1)C(C)O. The molecule has 0 aliphatic heterocycles. The Hall–Kier alpha value is -1.75. The first kappa shape index (κ1) is 12.7. The van der Waals surface area contributed by atoms with Crippen molar-refractivity contribution < 1.29 is 9.63 Å². The largest absolute Gasteiger partial charge is 0.393 e. The van der Waals surface area contributed by atoms with Gasteiger partial charge < -0.3 is 9.63 Å². The van der Waals surface area contributed by atoms with E-state index in [2.05, 4.69) is 15.1 Å². The predicted molar refractivity (Wildman–Crippen MR) is 67.0 cm³/mol. The van der Waals surface area contributed by atoms with Crippen molar-refractivity contribution in [2.24, 2.45) is 0 Å². The number of hydrogen-bond acceptors (Lipinski definition) is 5. The molecule has 2 aromatic rings. The normalized spacial score (nSPS) is 14.4. The van der Waals surface area contributed by atoms with Gasteiger partial charge in [0.2, 0.25) is 11.7 Å². The van der Waals surface area contributed by atoms with Crippen molar-refractivity contribution in [1.82, 2.24) is 15.1 Å². The minimum absolute atomic E-state index is 0.117. The van der Waals surface area contributed by atoms with Crippen LogP contribution >= 0.6 is 0 Å². The molecular weight excluding hydrogens is 230 g/mol. The highest BCUT2D eigenvalue weighted by atomic mass is 16.5. The van der Waals surface area contributed by atoms with Gasteiger partial charge in [0, 0.05) is 18.0 Å². The van der Waals surface area contributed by atoms with E-state index < -0.39 is 6.10 Å². The first-order valence-electron chi connectivity index (χ1n) is 6.06. The monoisotopic (exact) mass is 247 g/mol. The average Bonchev–Trinajstić information content (AvgIpc) is 2.79. The molecule has 2 unspecified atom stereocenters. The van der Waals surface area contributed by atoms with Crippen LogP contribution in [0, 0.1) is 6.92 Å². The smallest absolute Gasteiger partial charge is 0.232 e. The van der Waals surface area contributed by atoms with Gasteiger partial charge in [0.05, 0.1) is 12.0 Å². The van der Waals surface area contributed by atoms with E-state index in [0.29, 0.717) is 11.7 Å². The molecule has 0 amide bonds. The third-order valence-corrected chi connectivity index (χ3v) is 3.04. The Morgan fingerprint density at radius 2 is 2.22 bits per heavy atom. The Labute approximate surface area is 106 Å². The highest BCUT2D eigenvalue weighted by molar-refractivity contribution is 5.57. The topological polar surface area (TPSA) is 72.0 Å². The molecular formula is C13H17N3O2. The maximum absolute atomic E-state index is 9.66. The van der Waals surface area contributed by atoms with E-state index >= 15 is 0 Å². The summed E-state index contributed by atoms with van der Waals surface area (Å²) in [6, 6.07) is 1.85. The third kappa shape index (κ3) is 2.41. The molecule has 2 aromatic heterocycles. The summed E-state index contributed by atoms with van der Waals surface area (Å²) in [5.74, 6) is 0.913. The standard InChI is InChI=1S/C13H17N3O2/c1-4-10(9(3)17)13-15-12(16-18-13)11-5-6-14-7-8(11)2/h5-7,9-10,17H,4H2,1-3H3. The molecule has 5 nitrogen and oxygen atoms in total. The Morgan fingerprint density at radius 1 is 1.44 bits per heavy atom. The van der Waals surface area contributed by atoms with Crippen molar-refractivity contribution in [3.63, 3.8) is 0 Å². The molecule has 0 aliphatic carbocycles. The molecule has 0 fully saturated rings. The minimum Gasteiger partial charge on any atom is -0.393 e. The number of aromatic nitrogens is 3. The van der Waals surface area contributed by atoms with E-state index in [-0.39, 0.29) is 5.92 Å². The van der Waals surface area contributed by atoms with Crippen LogP contribution in [-0.4, -0.2) is 26.3 Å². The molecule has 0 bridgehead atoms. The molecule has 0 spiro atoms. The van der Waals surface area contributed by atoms with Gasteiger partial charge in [0.25, 0.3) is 0 Å². The summed E-state index contributed by atoms with van der Waals surface area (Å²) < 4.78 is 5.25. The van der Waals surface area contributed by atoms with Crippen molar-refractivity contribution >= 4 is 0 Å².